The lowest BCUT2D eigenvalue weighted by Gasteiger charge is -2.14. The molecule has 16 heavy (non-hydrogen) atoms. The standard InChI is InChI=1S/C10H11FN2O3/c11-9-3-6(1-2-12-9)10(16)13-4-7(14)8(15)5-13/h1-3,7-8,14-15H,4-5H2. The first-order valence-corrected chi connectivity index (χ1v) is 4.85. The van der Waals surface area contributed by atoms with E-state index in [1.54, 1.807) is 0 Å². The highest BCUT2D eigenvalue weighted by Gasteiger charge is 2.32. The van der Waals surface area contributed by atoms with Crippen molar-refractivity contribution in [2.24, 2.45) is 0 Å². The third-order valence-electron chi connectivity index (χ3n) is 2.52. The monoisotopic (exact) mass is 226 g/mol. The molecule has 0 aromatic carbocycles. The number of aliphatic hydroxyl groups excluding tert-OH is 2. The number of nitrogens with zero attached hydrogens (tertiary/aromatic N) is 2. The van der Waals surface area contributed by atoms with Crippen molar-refractivity contribution < 1.29 is 19.4 Å². The summed E-state index contributed by atoms with van der Waals surface area (Å²) >= 11 is 0. The largest absolute Gasteiger partial charge is 0.388 e. The van der Waals surface area contributed by atoms with Crippen molar-refractivity contribution in [3.05, 3.63) is 29.8 Å². The van der Waals surface area contributed by atoms with Crippen molar-refractivity contribution in [3.8, 4) is 0 Å². The lowest BCUT2D eigenvalue weighted by molar-refractivity contribution is 0.0572. The second-order valence-corrected chi connectivity index (χ2v) is 3.71. The summed E-state index contributed by atoms with van der Waals surface area (Å²) in [4.78, 5) is 16.4. The van der Waals surface area contributed by atoms with Gasteiger partial charge in [0.05, 0.1) is 12.2 Å². The zero-order valence-corrected chi connectivity index (χ0v) is 8.38. The number of rotatable bonds is 1. The Morgan fingerprint density at radius 1 is 1.44 bits per heavy atom. The van der Waals surface area contributed by atoms with Gasteiger partial charge in [0.2, 0.25) is 5.95 Å². The molecule has 6 heteroatoms. The van der Waals surface area contributed by atoms with Gasteiger partial charge in [-0.25, -0.2) is 4.98 Å². The van der Waals surface area contributed by atoms with Crippen LogP contribution in [-0.4, -0.2) is 51.3 Å². The lowest BCUT2D eigenvalue weighted by atomic mass is 10.2. The summed E-state index contributed by atoms with van der Waals surface area (Å²) in [5, 5.41) is 18.6. The molecule has 2 heterocycles. The molecule has 0 bridgehead atoms. The number of hydrogen-bond donors (Lipinski definition) is 2. The Hall–Kier alpha value is -1.53. The fraction of sp³-hybridized carbons (Fsp3) is 0.400. The molecule has 0 spiro atoms. The molecule has 0 aliphatic carbocycles. The molecular formula is C10H11FN2O3. The van der Waals surface area contributed by atoms with Gasteiger partial charge < -0.3 is 15.1 Å². The zero-order valence-electron chi connectivity index (χ0n) is 8.38. The number of carbonyl (C=O) groups is 1. The average Bonchev–Trinajstić information content (AvgIpc) is 2.58. The molecule has 2 unspecified atom stereocenters. The maximum absolute atomic E-state index is 12.8. The van der Waals surface area contributed by atoms with Gasteiger partial charge >= 0.3 is 0 Å². The van der Waals surface area contributed by atoms with Gasteiger partial charge in [0.15, 0.2) is 0 Å². The highest BCUT2D eigenvalue weighted by molar-refractivity contribution is 5.94. The van der Waals surface area contributed by atoms with Crippen LogP contribution >= 0.6 is 0 Å². The van der Waals surface area contributed by atoms with E-state index >= 15 is 0 Å². The minimum atomic E-state index is -0.935. The number of β-amino-alcohol motifs (C(OH)–C–C–N with tert-alkyl or cyclic N) is 2. The topological polar surface area (TPSA) is 73.7 Å². The van der Waals surface area contributed by atoms with Crippen LogP contribution in [0.1, 0.15) is 10.4 Å². The minimum absolute atomic E-state index is 0.0595. The van der Waals surface area contributed by atoms with Crippen molar-refractivity contribution in [1.82, 2.24) is 9.88 Å². The molecule has 2 rings (SSSR count). The van der Waals surface area contributed by atoms with E-state index in [2.05, 4.69) is 4.98 Å². The number of pyridine rings is 1. The second-order valence-electron chi connectivity index (χ2n) is 3.71. The van der Waals surface area contributed by atoms with Crippen LogP contribution in [0.4, 0.5) is 4.39 Å². The van der Waals surface area contributed by atoms with Crippen LogP contribution < -0.4 is 0 Å². The molecule has 1 saturated heterocycles. The molecule has 2 atom stereocenters. The normalized spacial score (nSPS) is 24.8. The Bertz CT molecular complexity index is 403. The van der Waals surface area contributed by atoms with Crippen molar-refractivity contribution >= 4 is 5.91 Å². The van der Waals surface area contributed by atoms with Crippen LogP contribution in [0.15, 0.2) is 18.3 Å². The van der Waals surface area contributed by atoms with Gasteiger partial charge in [-0.1, -0.05) is 0 Å². The van der Waals surface area contributed by atoms with E-state index in [0.29, 0.717) is 0 Å². The van der Waals surface area contributed by atoms with E-state index in [1.165, 1.54) is 17.2 Å². The number of carbonyl (C=O) groups excluding carboxylic acids is 1. The number of likely N-dealkylation sites (tertiary alicyclic amines) is 1. The van der Waals surface area contributed by atoms with Crippen LogP contribution in [0.3, 0.4) is 0 Å². The summed E-state index contributed by atoms with van der Waals surface area (Å²) in [5.74, 6) is -1.15. The Labute approximate surface area is 91.1 Å². The van der Waals surface area contributed by atoms with E-state index in [-0.39, 0.29) is 18.7 Å². The summed E-state index contributed by atoms with van der Waals surface area (Å²) in [5.41, 5.74) is 0.161. The van der Waals surface area contributed by atoms with E-state index in [9.17, 15) is 19.4 Å². The first-order valence-electron chi connectivity index (χ1n) is 4.85. The summed E-state index contributed by atoms with van der Waals surface area (Å²) in [6.07, 6.45) is -0.669. The number of halogens is 1. The van der Waals surface area contributed by atoms with Crippen LogP contribution in [0.5, 0.6) is 0 Å². The third kappa shape index (κ3) is 2.02. The molecule has 1 fully saturated rings. The Morgan fingerprint density at radius 3 is 2.62 bits per heavy atom. The number of aromatic nitrogens is 1. The lowest BCUT2D eigenvalue weighted by Crippen LogP contribution is -2.29. The Balaban J connectivity index is 2.14. The summed E-state index contributed by atoms with van der Waals surface area (Å²) in [6.45, 7) is 0.119. The predicted octanol–water partition coefficient (Wildman–Crippen LogP) is -0.602. The minimum Gasteiger partial charge on any atom is -0.388 e. The quantitative estimate of drug-likeness (QED) is 0.627. The van der Waals surface area contributed by atoms with Crippen molar-refractivity contribution in [3.63, 3.8) is 0 Å². The second kappa shape index (κ2) is 4.15. The van der Waals surface area contributed by atoms with E-state index in [1.807, 2.05) is 0 Å². The average molecular weight is 226 g/mol. The molecular weight excluding hydrogens is 215 g/mol. The van der Waals surface area contributed by atoms with Crippen molar-refractivity contribution in [2.75, 3.05) is 13.1 Å². The smallest absolute Gasteiger partial charge is 0.254 e. The molecule has 1 aromatic rings. The molecule has 1 aliphatic rings. The molecule has 5 nitrogen and oxygen atoms in total. The SMILES string of the molecule is O=C(c1ccnc(F)c1)N1CC(O)C(O)C1. The highest BCUT2D eigenvalue weighted by Crippen LogP contribution is 2.14. The van der Waals surface area contributed by atoms with Gasteiger partial charge in [0.1, 0.15) is 0 Å². The molecule has 2 N–H and O–H groups in total. The first kappa shape index (κ1) is 11.0. The van der Waals surface area contributed by atoms with Crippen LogP contribution in [0, 0.1) is 5.95 Å². The fourth-order valence-corrected chi connectivity index (χ4v) is 1.65. The van der Waals surface area contributed by atoms with Crippen molar-refractivity contribution in [1.29, 1.82) is 0 Å². The number of hydrogen-bond acceptors (Lipinski definition) is 4. The predicted molar refractivity (Wildman–Crippen MR) is 52.1 cm³/mol. The molecule has 1 amide bonds. The van der Waals surface area contributed by atoms with Crippen LogP contribution in [0.2, 0.25) is 0 Å². The molecule has 86 valence electrons. The first-order chi connectivity index (χ1) is 7.58. The van der Waals surface area contributed by atoms with Gasteiger partial charge in [-0.2, -0.15) is 4.39 Å². The summed E-state index contributed by atoms with van der Waals surface area (Å²) in [6, 6.07) is 2.42. The molecule has 1 aromatic heterocycles. The Kier molecular flexibility index (Phi) is 2.84. The summed E-state index contributed by atoms with van der Waals surface area (Å²) < 4.78 is 12.8. The van der Waals surface area contributed by atoms with E-state index < -0.39 is 24.1 Å². The molecule has 1 aliphatic heterocycles. The van der Waals surface area contributed by atoms with E-state index in [4.69, 9.17) is 0 Å². The van der Waals surface area contributed by atoms with Gasteiger partial charge in [0, 0.05) is 30.9 Å². The van der Waals surface area contributed by atoms with Gasteiger partial charge in [-0.05, 0) is 6.07 Å². The molecule has 0 radical (unpaired) electrons. The zero-order chi connectivity index (χ0) is 11.7. The number of amides is 1. The number of aliphatic hydroxyl groups is 2. The highest BCUT2D eigenvalue weighted by atomic mass is 19.1. The summed E-state index contributed by atoms with van der Waals surface area (Å²) in [7, 11) is 0. The van der Waals surface area contributed by atoms with Gasteiger partial charge in [-0.15, -0.1) is 0 Å². The molecule has 0 saturated carbocycles. The van der Waals surface area contributed by atoms with Crippen LogP contribution in [0.25, 0.3) is 0 Å². The third-order valence-corrected chi connectivity index (χ3v) is 2.52. The maximum Gasteiger partial charge on any atom is 0.254 e. The maximum atomic E-state index is 12.8. The Morgan fingerprint density at radius 2 is 2.06 bits per heavy atom. The van der Waals surface area contributed by atoms with Crippen molar-refractivity contribution in [2.45, 2.75) is 12.2 Å². The van der Waals surface area contributed by atoms with Crippen LogP contribution in [-0.2, 0) is 0 Å². The van der Waals surface area contributed by atoms with Gasteiger partial charge in [-0.3, -0.25) is 4.79 Å². The van der Waals surface area contributed by atoms with E-state index in [0.717, 1.165) is 6.07 Å². The fourth-order valence-electron chi connectivity index (χ4n) is 1.65. The van der Waals surface area contributed by atoms with Gasteiger partial charge in [0.25, 0.3) is 5.91 Å².